The molecule has 7 nitrogen and oxygen atoms in total. The highest BCUT2D eigenvalue weighted by atomic mass is 32.2. The quantitative estimate of drug-likeness (QED) is 0.738. The monoisotopic (exact) mass is 312 g/mol. The number of thioether (sulfide) groups is 1. The van der Waals surface area contributed by atoms with Crippen molar-refractivity contribution in [3.05, 3.63) is 0 Å². The lowest BCUT2D eigenvalue weighted by atomic mass is 10.4. The summed E-state index contributed by atoms with van der Waals surface area (Å²) in [5.74, 6) is 1.90. The molecule has 118 valence electrons. The first-order valence-corrected chi connectivity index (χ1v) is 8.41. The van der Waals surface area contributed by atoms with Crippen molar-refractivity contribution in [1.82, 2.24) is 19.9 Å². The summed E-state index contributed by atoms with van der Waals surface area (Å²) < 4.78 is 5.34. The fourth-order valence-electron chi connectivity index (χ4n) is 2.14. The van der Waals surface area contributed by atoms with E-state index in [1.165, 1.54) is 0 Å². The molecule has 2 rings (SSSR count). The van der Waals surface area contributed by atoms with Crippen LogP contribution >= 0.6 is 11.8 Å². The maximum absolute atomic E-state index is 5.81. The Kier molecular flexibility index (Phi) is 6.47. The molecule has 0 aliphatic carbocycles. The van der Waals surface area contributed by atoms with Crippen LogP contribution in [-0.4, -0.2) is 71.5 Å². The molecule has 8 heteroatoms. The first-order chi connectivity index (χ1) is 10.2. The minimum Gasteiger partial charge on any atom is -0.378 e. The molecule has 0 radical (unpaired) electrons. The molecule has 1 aromatic rings. The van der Waals surface area contributed by atoms with E-state index in [2.05, 4.69) is 38.6 Å². The van der Waals surface area contributed by atoms with Gasteiger partial charge in [0.25, 0.3) is 0 Å². The average molecular weight is 312 g/mol. The zero-order valence-electron chi connectivity index (χ0n) is 12.8. The van der Waals surface area contributed by atoms with Crippen LogP contribution in [0, 0.1) is 0 Å². The Morgan fingerprint density at radius 3 is 2.57 bits per heavy atom. The van der Waals surface area contributed by atoms with E-state index in [0.717, 1.165) is 38.5 Å². The average Bonchev–Trinajstić information content (AvgIpc) is 2.52. The van der Waals surface area contributed by atoms with E-state index in [-0.39, 0.29) is 5.95 Å². The van der Waals surface area contributed by atoms with Crippen LogP contribution in [0.1, 0.15) is 13.8 Å². The molecule has 0 saturated carbocycles. The molecule has 1 aromatic heterocycles. The number of hydrogen-bond donors (Lipinski definition) is 1. The van der Waals surface area contributed by atoms with Gasteiger partial charge in [-0.15, -0.1) is 0 Å². The van der Waals surface area contributed by atoms with Gasteiger partial charge in [-0.3, -0.25) is 0 Å². The highest BCUT2D eigenvalue weighted by molar-refractivity contribution is 7.99. The molecular formula is C13H24N6OS. The molecule has 1 saturated heterocycles. The van der Waals surface area contributed by atoms with Crippen LogP contribution in [0.3, 0.4) is 0 Å². The Morgan fingerprint density at radius 2 is 1.90 bits per heavy atom. The Hall–Kier alpha value is -1.12. The Morgan fingerprint density at radius 1 is 1.19 bits per heavy atom. The summed E-state index contributed by atoms with van der Waals surface area (Å²) in [5, 5.41) is 0.705. The lowest BCUT2D eigenvalue weighted by molar-refractivity contribution is 0.122. The maximum atomic E-state index is 5.81. The van der Waals surface area contributed by atoms with Crippen LogP contribution in [0.2, 0.25) is 0 Å². The molecule has 0 spiro atoms. The number of anilines is 2. The summed E-state index contributed by atoms with van der Waals surface area (Å²) in [6, 6.07) is 0. The van der Waals surface area contributed by atoms with Crippen molar-refractivity contribution in [3.63, 3.8) is 0 Å². The molecule has 1 aliphatic heterocycles. The van der Waals surface area contributed by atoms with Gasteiger partial charge in [0, 0.05) is 25.4 Å². The largest absolute Gasteiger partial charge is 0.378 e. The van der Waals surface area contributed by atoms with Crippen molar-refractivity contribution in [2.24, 2.45) is 0 Å². The molecule has 21 heavy (non-hydrogen) atoms. The molecule has 0 unspecified atom stereocenters. The number of nitrogens with two attached hydrogens (primary N) is 1. The van der Waals surface area contributed by atoms with Gasteiger partial charge in [-0.05, 0) is 13.1 Å². The number of hydrogen-bond acceptors (Lipinski definition) is 8. The zero-order valence-corrected chi connectivity index (χ0v) is 13.6. The second-order valence-corrected chi connectivity index (χ2v) is 5.81. The van der Waals surface area contributed by atoms with Gasteiger partial charge in [-0.2, -0.15) is 15.0 Å². The van der Waals surface area contributed by atoms with Gasteiger partial charge in [0.1, 0.15) is 0 Å². The van der Waals surface area contributed by atoms with Crippen molar-refractivity contribution in [3.8, 4) is 0 Å². The van der Waals surface area contributed by atoms with Gasteiger partial charge in [0.05, 0.1) is 13.2 Å². The van der Waals surface area contributed by atoms with Crippen molar-refractivity contribution in [1.29, 1.82) is 0 Å². The lowest BCUT2D eigenvalue weighted by Crippen LogP contribution is -2.37. The summed E-state index contributed by atoms with van der Waals surface area (Å²) in [6.45, 7) is 10.5. The highest BCUT2D eigenvalue weighted by Gasteiger charge is 2.16. The van der Waals surface area contributed by atoms with Crippen LogP contribution in [-0.2, 0) is 4.74 Å². The molecule has 0 atom stereocenters. The van der Waals surface area contributed by atoms with Gasteiger partial charge >= 0.3 is 0 Å². The van der Waals surface area contributed by atoms with E-state index < -0.39 is 0 Å². The second kappa shape index (κ2) is 8.35. The molecule has 0 bridgehead atoms. The number of aromatic nitrogens is 3. The zero-order chi connectivity index (χ0) is 15.1. The van der Waals surface area contributed by atoms with Crippen LogP contribution in [0.4, 0.5) is 11.9 Å². The number of nitrogen functional groups attached to an aromatic ring is 1. The van der Waals surface area contributed by atoms with Crippen molar-refractivity contribution in [2.75, 3.05) is 62.3 Å². The smallest absolute Gasteiger partial charge is 0.231 e. The van der Waals surface area contributed by atoms with Gasteiger partial charge in [0.2, 0.25) is 11.9 Å². The second-order valence-electron chi connectivity index (χ2n) is 4.75. The van der Waals surface area contributed by atoms with Crippen molar-refractivity contribution >= 4 is 23.7 Å². The van der Waals surface area contributed by atoms with Crippen molar-refractivity contribution in [2.45, 2.75) is 19.0 Å². The summed E-state index contributed by atoms with van der Waals surface area (Å²) >= 11 is 1.63. The number of ether oxygens (including phenoxy) is 1. The van der Waals surface area contributed by atoms with Crippen LogP contribution in [0.5, 0.6) is 0 Å². The van der Waals surface area contributed by atoms with E-state index in [1.807, 2.05) is 0 Å². The molecule has 1 fully saturated rings. The van der Waals surface area contributed by atoms with E-state index in [0.29, 0.717) is 24.3 Å². The van der Waals surface area contributed by atoms with E-state index in [4.69, 9.17) is 10.5 Å². The van der Waals surface area contributed by atoms with E-state index in [9.17, 15) is 0 Å². The van der Waals surface area contributed by atoms with Gasteiger partial charge in [-0.1, -0.05) is 25.6 Å². The molecule has 0 amide bonds. The van der Waals surface area contributed by atoms with Gasteiger partial charge in [0.15, 0.2) is 5.16 Å². The topological polar surface area (TPSA) is 80.4 Å². The van der Waals surface area contributed by atoms with Gasteiger partial charge in [-0.25, -0.2) is 0 Å². The minimum atomic E-state index is 0.289. The SMILES string of the molecule is CCN(CC)CCSc1nc(N)nc(N2CCOCC2)n1. The Labute approximate surface area is 130 Å². The molecule has 1 aliphatic rings. The molecule has 2 heterocycles. The number of morpholine rings is 1. The fourth-order valence-corrected chi connectivity index (χ4v) is 2.97. The molecule has 0 aromatic carbocycles. The summed E-state index contributed by atoms with van der Waals surface area (Å²) in [4.78, 5) is 17.4. The molecular weight excluding hydrogens is 288 g/mol. The lowest BCUT2D eigenvalue weighted by Gasteiger charge is -2.26. The highest BCUT2D eigenvalue weighted by Crippen LogP contribution is 2.18. The van der Waals surface area contributed by atoms with Crippen molar-refractivity contribution < 1.29 is 4.74 Å². The third kappa shape index (κ3) is 4.98. The fraction of sp³-hybridized carbons (Fsp3) is 0.769. The van der Waals surface area contributed by atoms with E-state index >= 15 is 0 Å². The number of rotatable bonds is 7. The predicted molar refractivity (Wildman–Crippen MR) is 85.8 cm³/mol. The molecule has 2 N–H and O–H groups in total. The van der Waals surface area contributed by atoms with E-state index in [1.54, 1.807) is 11.8 Å². The maximum Gasteiger partial charge on any atom is 0.231 e. The summed E-state index contributed by atoms with van der Waals surface area (Å²) in [7, 11) is 0. The van der Waals surface area contributed by atoms with Crippen LogP contribution in [0.25, 0.3) is 0 Å². The number of nitrogens with zero attached hydrogens (tertiary/aromatic N) is 5. The van der Waals surface area contributed by atoms with Gasteiger partial charge < -0.3 is 20.3 Å². The predicted octanol–water partition coefficient (Wildman–Crippen LogP) is 0.724. The first-order valence-electron chi connectivity index (χ1n) is 7.42. The normalized spacial score (nSPS) is 15.7. The minimum absolute atomic E-state index is 0.289. The third-order valence-electron chi connectivity index (χ3n) is 3.45. The first kappa shape index (κ1) is 16.3. The summed E-state index contributed by atoms with van der Waals surface area (Å²) in [5.41, 5.74) is 5.81. The Bertz CT molecular complexity index is 437. The summed E-state index contributed by atoms with van der Waals surface area (Å²) in [6.07, 6.45) is 0. The Balaban J connectivity index is 1.94. The van der Waals surface area contributed by atoms with Crippen LogP contribution < -0.4 is 10.6 Å². The van der Waals surface area contributed by atoms with Crippen LogP contribution in [0.15, 0.2) is 5.16 Å². The third-order valence-corrected chi connectivity index (χ3v) is 4.27. The standard InChI is InChI=1S/C13H24N6OS/c1-3-18(4-2)7-10-21-13-16-11(14)15-12(17-13)19-5-8-20-9-6-19/h3-10H2,1-2H3,(H2,14,15,16,17).